The summed E-state index contributed by atoms with van der Waals surface area (Å²) in [6.07, 6.45) is 5.39. The van der Waals surface area contributed by atoms with Crippen LogP contribution >= 0.6 is 0 Å². The minimum atomic E-state index is -0.00718. The van der Waals surface area contributed by atoms with Gasteiger partial charge in [-0.15, -0.1) is 0 Å². The number of amides is 1. The average molecular weight is 301 g/mol. The number of rotatable bonds is 3. The Balaban J connectivity index is 1.43. The van der Waals surface area contributed by atoms with Gasteiger partial charge < -0.3 is 14.8 Å². The summed E-state index contributed by atoms with van der Waals surface area (Å²) in [6.45, 7) is 3.26. The average Bonchev–Trinajstić information content (AvgIpc) is 3.17. The molecule has 1 aromatic carbocycles. The van der Waals surface area contributed by atoms with E-state index < -0.39 is 0 Å². The molecule has 0 unspecified atom stereocenters. The van der Waals surface area contributed by atoms with Crippen LogP contribution in [0, 0.1) is 17.8 Å². The number of benzene rings is 1. The van der Waals surface area contributed by atoms with Crippen LogP contribution < -0.4 is 14.8 Å². The topological polar surface area (TPSA) is 47.6 Å². The number of carbonyl (C=O) groups excluding carboxylic acids is 1. The third-order valence-corrected chi connectivity index (χ3v) is 5.60. The van der Waals surface area contributed by atoms with Gasteiger partial charge in [0.05, 0.1) is 0 Å². The normalized spacial score (nSPS) is 30.1. The van der Waals surface area contributed by atoms with Crippen molar-refractivity contribution in [3.05, 3.63) is 23.8 Å². The fraction of sp³-hybridized carbons (Fsp3) is 0.611. The van der Waals surface area contributed by atoms with E-state index in [1.807, 2.05) is 12.1 Å². The highest BCUT2D eigenvalue weighted by Crippen LogP contribution is 2.49. The van der Waals surface area contributed by atoms with Crippen LogP contribution in [0.3, 0.4) is 0 Å². The van der Waals surface area contributed by atoms with Gasteiger partial charge in [0.2, 0.25) is 0 Å². The van der Waals surface area contributed by atoms with Gasteiger partial charge in [-0.2, -0.15) is 0 Å². The standard InChI is InChI=1S/C18H23NO3/c1-11(15-9-12-2-3-13(15)8-12)19-18(20)14-4-5-16-17(10-14)22-7-6-21-16/h4-5,10-13,15H,2-3,6-9H2,1H3,(H,19,20)/t11-,12+,13+,15-/m0/s1. The zero-order valence-corrected chi connectivity index (χ0v) is 13.0. The first-order valence-electron chi connectivity index (χ1n) is 8.41. The van der Waals surface area contributed by atoms with E-state index in [1.165, 1.54) is 25.7 Å². The summed E-state index contributed by atoms with van der Waals surface area (Å²) in [5.74, 6) is 3.77. The van der Waals surface area contributed by atoms with Gasteiger partial charge in [-0.1, -0.05) is 6.42 Å². The molecule has 0 saturated heterocycles. The summed E-state index contributed by atoms with van der Waals surface area (Å²) in [5, 5.41) is 3.19. The highest BCUT2D eigenvalue weighted by molar-refractivity contribution is 5.95. The molecule has 0 spiro atoms. The Hall–Kier alpha value is -1.71. The molecule has 2 fully saturated rings. The van der Waals surface area contributed by atoms with Crippen molar-refractivity contribution in [3.8, 4) is 11.5 Å². The lowest BCUT2D eigenvalue weighted by molar-refractivity contribution is 0.0914. The van der Waals surface area contributed by atoms with Crippen LogP contribution in [0.2, 0.25) is 0 Å². The van der Waals surface area contributed by atoms with Crippen LogP contribution in [-0.4, -0.2) is 25.2 Å². The maximum absolute atomic E-state index is 12.5. The molecule has 4 heteroatoms. The van der Waals surface area contributed by atoms with Crippen LogP contribution in [0.5, 0.6) is 11.5 Å². The molecule has 1 aromatic rings. The fourth-order valence-electron chi connectivity index (χ4n) is 4.49. The van der Waals surface area contributed by atoms with Gasteiger partial charge in [-0.25, -0.2) is 0 Å². The van der Waals surface area contributed by atoms with E-state index in [1.54, 1.807) is 6.07 Å². The highest BCUT2D eigenvalue weighted by atomic mass is 16.6. The Morgan fingerprint density at radius 2 is 2.00 bits per heavy atom. The Morgan fingerprint density at radius 3 is 2.73 bits per heavy atom. The van der Waals surface area contributed by atoms with Crippen LogP contribution in [-0.2, 0) is 0 Å². The summed E-state index contributed by atoms with van der Waals surface area (Å²) in [7, 11) is 0. The van der Waals surface area contributed by atoms with Crippen LogP contribution in [0.25, 0.3) is 0 Å². The Labute approximate surface area is 131 Å². The molecule has 0 aromatic heterocycles. The molecule has 2 aliphatic carbocycles. The summed E-state index contributed by atoms with van der Waals surface area (Å²) in [4.78, 5) is 12.5. The number of fused-ring (bicyclic) bond motifs is 3. The molecule has 1 amide bonds. The lowest BCUT2D eigenvalue weighted by atomic mass is 9.84. The lowest BCUT2D eigenvalue weighted by Crippen LogP contribution is -2.40. The monoisotopic (exact) mass is 301 g/mol. The van der Waals surface area contributed by atoms with E-state index in [9.17, 15) is 4.79 Å². The molecular weight excluding hydrogens is 278 g/mol. The van der Waals surface area contributed by atoms with E-state index in [0.29, 0.717) is 30.4 Å². The van der Waals surface area contributed by atoms with Gasteiger partial charge in [-0.05, 0) is 62.1 Å². The second-order valence-electron chi connectivity index (χ2n) is 6.96. The predicted octanol–water partition coefficient (Wildman–Crippen LogP) is 3.01. The van der Waals surface area contributed by atoms with E-state index >= 15 is 0 Å². The second-order valence-corrected chi connectivity index (χ2v) is 6.96. The maximum atomic E-state index is 12.5. The molecule has 4 atom stereocenters. The molecule has 1 heterocycles. The smallest absolute Gasteiger partial charge is 0.251 e. The molecule has 1 aliphatic heterocycles. The van der Waals surface area contributed by atoms with Gasteiger partial charge in [0, 0.05) is 11.6 Å². The minimum absolute atomic E-state index is 0.00718. The van der Waals surface area contributed by atoms with Crippen LogP contribution in [0.1, 0.15) is 43.0 Å². The third-order valence-electron chi connectivity index (χ3n) is 5.60. The van der Waals surface area contributed by atoms with Gasteiger partial charge >= 0.3 is 0 Å². The van der Waals surface area contributed by atoms with Crippen molar-refractivity contribution in [2.24, 2.45) is 17.8 Å². The fourth-order valence-corrected chi connectivity index (χ4v) is 4.49. The molecule has 4 nitrogen and oxygen atoms in total. The molecule has 118 valence electrons. The van der Waals surface area contributed by atoms with Crippen molar-refractivity contribution in [1.82, 2.24) is 5.32 Å². The van der Waals surface area contributed by atoms with Gasteiger partial charge in [0.15, 0.2) is 11.5 Å². The van der Waals surface area contributed by atoms with Crippen LogP contribution in [0.15, 0.2) is 18.2 Å². The Kier molecular flexibility index (Phi) is 3.47. The van der Waals surface area contributed by atoms with Crippen molar-refractivity contribution in [2.75, 3.05) is 13.2 Å². The quantitative estimate of drug-likeness (QED) is 0.933. The van der Waals surface area contributed by atoms with Crippen molar-refractivity contribution < 1.29 is 14.3 Å². The molecule has 1 N–H and O–H groups in total. The van der Waals surface area contributed by atoms with Crippen molar-refractivity contribution >= 4 is 5.91 Å². The summed E-state index contributed by atoms with van der Waals surface area (Å²) < 4.78 is 11.1. The highest BCUT2D eigenvalue weighted by Gasteiger charge is 2.42. The number of carbonyl (C=O) groups is 1. The minimum Gasteiger partial charge on any atom is -0.486 e. The lowest BCUT2D eigenvalue weighted by Gasteiger charge is -2.28. The van der Waals surface area contributed by atoms with E-state index in [0.717, 1.165) is 17.6 Å². The molecular formula is C18H23NO3. The Morgan fingerprint density at radius 1 is 1.18 bits per heavy atom. The third kappa shape index (κ3) is 2.44. The molecule has 2 bridgehead atoms. The number of nitrogens with one attached hydrogen (secondary N) is 1. The van der Waals surface area contributed by atoms with E-state index in [-0.39, 0.29) is 11.9 Å². The second kappa shape index (κ2) is 5.49. The SMILES string of the molecule is C[C@H](NC(=O)c1ccc2c(c1)OCCO2)[C@@H]1C[C@@H]2CC[C@@H]1C2. The maximum Gasteiger partial charge on any atom is 0.251 e. The van der Waals surface area contributed by atoms with Crippen molar-refractivity contribution in [2.45, 2.75) is 38.6 Å². The number of hydrogen-bond donors (Lipinski definition) is 1. The number of ether oxygens (including phenoxy) is 2. The zero-order valence-electron chi connectivity index (χ0n) is 13.0. The number of hydrogen-bond acceptors (Lipinski definition) is 3. The molecule has 22 heavy (non-hydrogen) atoms. The van der Waals surface area contributed by atoms with E-state index in [4.69, 9.17) is 9.47 Å². The summed E-state index contributed by atoms with van der Waals surface area (Å²) in [5.41, 5.74) is 0.652. The van der Waals surface area contributed by atoms with Gasteiger partial charge in [0.1, 0.15) is 13.2 Å². The van der Waals surface area contributed by atoms with E-state index in [2.05, 4.69) is 12.2 Å². The van der Waals surface area contributed by atoms with Crippen molar-refractivity contribution in [3.63, 3.8) is 0 Å². The van der Waals surface area contributed by atoms with Gasteiger partial charge in [0.25, 0.3) is 5.91 Å². The first-order valence-corrected chi connectivity index (χ1v) is 8.41. The van der Waals surface area contributed by atoms with Crippen LogP contribution in [0.4, 0.5) is 0 Å². The predicted molar refractivity (Wildman–Crippen MR) is 83.3 cm³/mol. The summed E-state index contributed by atoms with van der Waals surface area (Å²) >= 11 is 0. The largest absolute Gasteiger partial charge is 0.486 e. The zero-order chi connectivity index (χ0) is 15.1. The molecule has 4 rings (SSSR count). The Bertz CT molecular complexity index is 586. The molecule has 3 aliphatic rings. The summed E-state index contributed by atoms with van der Waals surface area (Å²) in [6, 6.07) is 5.68. The molecule has 0 radical (unpaired) electrons. The first kappa shape index (κ1) is 13.9. The van der Waals surface area contributed by atoms with Crippen molar-refractivity contribution in [1.29, 1.82) is 0 Å². The van der Waals surface area contributed by atoms with Gasteiger partial charge in [-0.3, -0.25) is 4.79 Å². The first-order chi connectivity index (χ1) is 10.7. The molecule has 2 saturated carbocycles.